The van der Waals surface area contributed by atoms with Crippen LogP contribution in [0.2, 0.25) is 0 Å². The highest BCUT2D eigenvalue weighted by Gasteiger charge is 2.07. The zero-order chi connectivity index (χ0) is 13.8. The van der Waals surface area contributed by atoms with Crippen LogP contribution in [0.5, 0.6) is 0 Å². The third kappa shape index (κ3) is 3.48. The lowest BCUT2D eigenvalue weighted by atomic mass is 9.96. The summed E-state index contributed by atoms with van der Waals surface area (Å²) in [5, 5.41) is 9.53. The van der Waals surface area contributed by atoms with Gasteiger partial charge in [-0.15, -0.1) is 0 Å². The van der Waals surface area contributed by atoms with Crippen molar-refractivity contribution in [1.29, 1.82) is 0 Å². The number of rotatable bonds is 3. The summed E-state index contributed by atoms with van der Waals surface area (Å²) in [6, 6.07) is 12.0. The Labute approximate surface area is 110 Å². The number of benzene rings is 2. The van der Waals surface area contributed by atoms with Crippen molar-refractivity contribution in [2.75, 3.05) is 0 Å². The summed E-state index contributed by atoms with van der Waals surface area (Å²) in [5.41, 5.74) is 2.29. The van der Waals surface area contributed by atoms with Crippen LogP contribution in [0.1, 0.15) is 18.1 Å². The van der Waals surface area contributed by atoms with Crippen LogP contribution in [-0.4, -0.2) is 11.2 Å². The van der Waals surface area contributed by atoms with E-state index in [4.69, 9.17) is 0 Å². The number of halogens is 2. The van der Waals surface area contributed by atoms with E-state index in [0.717, 1.165) is 16.7 Å². The van der Waals surface area contributed by atoms with Gasteiger partial charge < -0.3 is 5.11 Å². The summed E-state index contributed by atoms with van der Waals surface area (Å²) in [6.07, 6.45) is 1.01. The van der Waals surface area contributed by atoms with Gasteiger partial charge in [-0.25, -0.2) is 8.78 Å². The molecule has 2 aromatic carbocycles. The van der Waals surface area contributed by atoms with Gasteiger partial charge in [0.1, 0.15) is 11.6 Å². The minimum absolute atomic E-state index is 0.320. The molecule has 0 aliphatic rings. The van der Waals surface area contributed by atoms with Crippen LogP contribution in [0.4, 0.5) is 8.78 Å². The third-order valence-electron chi connectivity index (χ3n) is 2.72. The first kappa shape index (κ1) is 13.4. The molecule has 0 amide bonds. The summed E-state index contributed by atoms with van der Waals surface area (Å²) in [5.74, 6) is -0.640. The number of hydrogen-bond donors (Lipinski definition) is 1. The molecule has 0 fully saturated rings. The molecule has 1 unspecified atom stereocenters. The van der Waals surface area contributed by atoms with E-state index in [2.05, 4.69) is 0 Å². The molecule has 1 N–H and O–H groups in total. The molecule has 0 saturated carbocycles. The zero-order valence-electron chi connectivity index (χ0n) is 10.5. The van der Waals surface area contributed by atoms with E-state index in [1.807, 2.05) is 0 Å². The standard InChI is InChI=1S/C16H14F2O/c1-11(19)10-16(12-2-6-14(17)7-3-12)13-4-8-15(18)9-5-13/h2-11,19H,1H3. The zero-order valence-corrected chi connectivity index (χ0v) is 10.5. The van der Waals surface area contributed by atoms with Gasteiger partial charge in [-0.3, -0.25) is 0 Å². The summed E-state index contributed by atoms with van der Waals surface area (Å²) >= 11 is 0. The largest absolute Gasteiger partial charge is 0.389 e. The van der Waals surface area contributed by atoms with E-state index in [9.17, 15) is 13.9 Å². The SMILES string of the molecule is CC(O)C=C(c1ccc(F)cc1)c1ccc(F)cc1. The van der Waals surface area contributed by atoms with Crippen LogP contribution < -0.4 is 0 Å². The van der Waals surface area contributed by atoms with E-state index in [1.165, 1.54) is 24.3 Å². The molecular weight excluding hydrogens is 246 g/mol. The highest BCUT2D eigenvalue weighted by atomic mass is 19.1. The van der Waals surface area contributed by atoms with Crippen molar-refractivity contribution in [1.82, 2.24) is 0 Å². The average molecular weight is 260 g/mol. The summed E-state index contributed by atoms with van der Waals surface area (Å²) < 4.78 is 25.9. The van der Waals surface area contributed by atoms with Crippen LogP contribution in [0.25, 0.3) is 5.57 Å². The Bertz CT molecular complexity index is 521. The van der Waals surface area contributed by atoms with E-state index >= 15 is 0 Å². The van der Waals surface area contributed by atoms with Crippen molar-refractivity contribution in [3.05, 3.63) is 77.4 Å². The maximum Gasteiger partial charge on any atom is 0.123 e. The highest BCUT2D eigenvalue weighted by molar-refractivity contribution is 5.80. The minimum atomic E-state index is -0.648. The van der Waals surface area contributed by atoms with Gasteiger partial charge in [-0.05, 0) is 54.0 Å². The molecule has 0 saturated heterocycles. The second kappa shape index (κ2) is 5.76. The summed E-state index contributed by atoms with van der Waals surface area (Å²) in [6.45, 7) is 1.63. The van der Waals surface area contributed by atoms with Gasteiger partial charge in [0.05, 0.1) is 6.10 Å². The Kier molecular flexibility index (Phi) is 4.07. The van der Waals surface area contributed by atoms with Crippen LogP contribution in [-0.2, 0) is 0 Å². The molecule has 3 heteroatoms. The lowest BCUT2D eigenvalue weighted by molar-refractivity contribution is 0.244. The van der Waals surface area contributed by atoms with Gasteiger partial charge in [-0.1, -0.05) is 24.3 Å². The van der Waals surface area contributed by atoms with Crippen molar-refractivity contribution in [2.45, 2.75) is 13.0 Å². The molecule has 1 nitrogen and oxygen atoms in total. The molecule has 0 spiro atoms. The lowest BCUT2D eigenvalue weighted by Crippen LogP contribution is -1.98. The molecule has 0 aliphatic carbocycles. The molecule has 19 heavy (non-hydrogen) atoms. The molecule has 0 aromatic heterocycles. The van der Waals surface area contributed by atoms with Gasteiger partial charge in [0.2, 0.25) is 0 Å². The van der Waals surface area contributed by atoms with Gasteiger partial charge in [0.25, 0.3) is 0 Å². The predicted molar refractivity (Wildman–Crippen MR) is 71.6 cm³/mol. The fourth-order valence-corrected chi connectivity index (χ4v) is 1.86. The Morgan fingerprint density at radius 2 is 1.26 bits per heavy atom. The van der Waals surface area contributed by atoms with Crippen molar-refractivity contribution >= 4 is 5.57 Å². The van der Waals surface area contributed by atoms with Crippen molar-refractivity contribution in [3.63, 3.8) is 0 Å². The Balaban J connectivity index is 2.47. The Morgan fingerprint density at radius 3 is 1.58 bits per heavy atom. The lowest BCUT2D eigenvalue weighted by Gasteiger charge is -2.10. The van der Waals surface area contributed by atoms with E-state index < -0.39 is 6.10 Å². The van der Waals surface area contributed by atoms with E-state index in [1.54, 1.807) is 37.3 Å². The summed E-state index contributed by atoms with van der Waals surface area (Å²) in [7, 11) is 0. The molecule has 0 radical (unpaired) electrons. The quantitative estimate of drug-likeness (QED) is 0.890. The highest BCUT2D eigenvalue weighted by Crippen LogP contribution is 2.24. The molecule has 0 aliphatic heterocycles. The topological polar surface area (TPSA) is 20.2 Å². The number of hydrogen-bond acceptors (Lipinski definition) is 1. The average Bonchev–Trinajstić information content (AvgIpc) is 2.38. The third-order valence-corrected chi connectivity index (χ3v) is 2.72. The van der Waals surface area contributed by atoms with Gasteiger partial charge in [0, 0.05) is 0 Å². The van der Waals surface area contributed by atoms with Crippen molar-refractivity contribution < 1.29 is 13.9 Å². The molecule has 0 heterocycles. The maximum absolute atomic E-state index is 12.9. The van der Waals surface area contributed by atoms with Gasteiger partial charge >= 0.3 is 0 Å². The normalized spacial score (nSPS) is 12.0. The first-order chi connectivity index (χ1) is 9.06. The Hall–Kier alpha value is -2.00. The van der Waals surface area contributed by atoms with Crippen molar-refractivity contribution in [2.24, 2.45) is 0 Å². The Morgan fingerprint density at radius 1 is 0.895 bits per heavy atom. The smallest absolute Gasteiger partial charge is 0.123 e. The maximum atomic E-state index is 12.9. The van der Waals surface area contributed by atoms with Crippen molar-refractivity contribution in [3.8, 4) is 0 Å². The van der Waals surface area contributed by atoms with Crippen LogP contribution in [0, 0.1) is 11.6 Å². The molecule has 2 aromatic rings. The number of aliphatic hydroxyl groups is 1. The molecule has 1 atom stereocenters. The molecule has 98 valence electrons. The van der Waals surface area contributed by atoms with E-state index in [-0.39, 0.29) is 11.6 Å². The first-order valence-electron chi connectivity index (χ1n) is 5.98. The monoisotopic (exact) mass is 260 g/mol. The predicted octanol–water partition coefficient (Wildman–Crippen LogP) is 3.78. The fraction of sp³-hybridized carbons (Fsp3) is 0.125. The second-order valence-electron chi connectivity index (χ2n) is 4.33. The molecule has 2 rings (SSSR count). The minimum Gasteiger partial charge on any atom is -0.389 e. The second-order valence-corrected chi connectivity index (χ2v) is 4.33. The summed E-state index contributed by atoms with van der Waals surface area (Å²) in [4.78, 5) is 0. The van der Waals surface area contributed by atoms with Crippen LogP contribution in [0.3, 0.4) is 0 Å². The molecule has 0 bridgehead atoms. The van der Waals surface area contributed by atoms with Gasteiger partial charge in [0.15, 0.2) is 0 Å². The van der Waals surface area contributed by atoms with E-state index in [0.29, 0.717) is 0 Å². The van der Waals surface area contributed by atoms with Crippen LogP contribution >= 0.6 is 0 Å². The van der Waals surface area contributed by atoms with Gasteiger partial charge in [-0.2, -0.15) is 0 Å². The van der Waals surface area contributed by atoms with Crippen LogP contribution in [0.15, 0.2) is 54.6 Å². The first-order valence-corrected chi connectivity index (χ1v) is 5.98. The molecular formula is C16H14F2O. The number of aliphatic hydroxyl groups excluding tert-OH is 1. The fourth-order valence-electron chi connectivity index (χ4n) is 1.86.